The van der Waals surface area contributed by atoms with Crippen LogP contribution in [0.2, 0.25) is 0 Å². The topological polar surface area (TPSA) is 125 Å². The number of nitrogens with one attached hydrogen (secondary N) is 1. The molecule has 2 aromatic heterocycles. The van der Waals surface area contributed by atoms with E-state index in [4.69, 9.17) is 10.5 Å². The van der Waals surface area contributed by atoms with Gasteiger partial charge in [0.15, 0.2) is 5.82 Å². The largest absolute Gasteiger partial charge is 0.467 e. The van der Waals surface area contributed by atoms with E-state index in [1.807, 2.05) is 0 Å². The molecule has 0 fully saturated rings. The van der Waals surface area contributed by atoms with Crippen LogP contribution in [0.1, 0.15) is 5.82 Å². The normalized spacial score (nSPS) is 10.2. The molecule has 2 aromatic rings. The smallest absolute Gasteiger partial charge is 0.322 e. The van der Waals surface area contributed by atoms with Crippen LogP contribution in [0.25, 0.3) is 0 Å². The standard InChI is InChI=1S/C8H11N7O2/c1-16-8-13-6(9)12-7(14-8)10-3-2-5-11-4-17-15-5/h4H,2-3H2,1H3,(H3,9,10,12,13,14). The van der Waals surface area contributed by atoms with E-state index in [2.05, 4.69) is 34.9 Å². The van der Waals surface area contributed by atoms with Gasteiger partial charge in [-0.2, -0.15) is 19.9 Å². The maximum atomic E-state index is 5.48. The van der Waals surface area contributed by atoms with Crippen molar-refractivity contribution in [2.24, 2.45) is 0 Å². The maximum absolute atomic E-state index is 5.48. The van der Waals surface area contributed by atoms with Crippen molar-refractivity contribution < 1.29 is 9.26 Å². The lowest BCUT2D eigenvalue weighted by molar-refractivity contribution is 0.379. The van der Waals surface area contributed by atoms with E-state index in [1.165, 1.54) is 13.5 Å². The van der Waals surface area contributed by atoms with Gasteiger partial charge < -0.3 is 20.3 Å². The summed E-state index contributed by atoms with van der Waals surface area (Å²) in [5.74, 6) is 1.04. The van der Waals surface area contributed by atoms with Gasteiger partial charge in [-0.05, 0) is 0 Å². The Morgan fingerprint density at radius 3 is 3.00 bits per heavy atom. The second kappa shape index (κ2) is 5.05. The molecule has 0 aliphatic heterocycles. The lowest BCUT2D eigenvalue weighted by atomic mass is 10.4. The predicted octanol–water partition coefficient (Wildman–Crippen LogP) is -0.500. The zero-order valence-electron chi connectivity index (χ0n) is 9.12. The average Bonchev–Trinajstić information content (AvgIpc) is 2.81. The van der Waals surface area contributed by atoms with Crippen molar-refractivity contribution >= 4 is 11.9 Å². The third-order valence-corrected chi connectivity index (χ3v) is 1.85. The van der Waals surface area contributed by atoms with E-state index < -0.39 is 0 Å². The fourth-order valence-corrected chi connectivity index (χ4v) is 1.13. The minimum atomic E-state index is 0.0962. The van der Waals surface area contributed by atoms with Crippen LogP contribution in [0.15, 0.2) is 10.9 Å². The summed E-state index contributed by atoms with van der Waals surface area (Å²) >= 11 is 0. The summed E-state index contributed by atoms with van der Waals surface area (Å²) < 4.78 is 9.47. The van der Waals surface area contributed by atoms with Crippen molar-refractivity contribution in [3.8, 4) is 6.01 Å². The lowest BCUT2D eigenvalue weighted by Crippen LogP contribution is -2.11. The summed E-state index contributed by atoms with van der Waals surface area (Å²) in [5, 5.41) is 6.62. The number of aromatic nitrogens is 5. The number of anilines is 2. The first-order chi connectivity index (χ1) is 8.28. The van der Waals surface area contributed by atoms with Gasteiger partial charge in [0.2, 0.25) is 18.3 Å². The highest BCUT2D eigenvalue weighted by molar-refractivity contribution is 5.32. The molecular weight excluding hydrogens is 226 g/mol. The summed E-state index contributed by atoms with van der Waals surface area (Å²) in [6.45, 7) is 0.548. The third-order valence-electron chi connectivity index (χ3n) is 1.85. The van der Waals surface area contributed by atoms with Crippen LogP contribution in [0.4, 0.5) is 11.9 Å². The van der Waals surface area contributed by atoms with Crippen molar-refractivity contribution in [2.45, 2.75) is 6.42 Å². The first kappa shape index (κ1) is 11.0. The second-order valence-corrected chi connectivity index (χ2v) is 3.03. The zero-order valence-corrected chi connectivity index (χ0v) is 9.12. The van der Waals surface area contributed by atoms with Crippen molar-refractivity contribution in [3.05, 3.63) is 12.2 Å². The Labute approximate surface area is 96.4 Å². The van der Waals surface area contributed by atoms with Gasteiger partial charge in [0, 0.05) is 13.0 Å². The molecule has 0 bridgehead atoms. The van der Waals surface area contributed by atoms with Crippen LogP contribution >= 0.6 is 0 Å². The monoisotopic (exact) mass is 237 g/mol. The lowest BCUT2D eigenvalue weighted by Gasteiger charge is -2.04. The fraction of sp³-hybridized carbons (Fsp3) is 0.375. The Morgan fingerprint density at radius 2 is 2.29 bits per heavy atom. The molecule has 0 amide bonds. The number of nitrogens with zero attached hydrogens (tertiary/aromatic N) is 5. The van der Waals surface area contributed by atoms with Crippen LogP contribution in [-0.4, -0.2) is 38.7 Å². The number of rotatable bonds is 5. The molecule has 2 heterocycles. The summed E-state index contributed by atoms with van der Waals surface area (Å²) in [6, 6.07) is 0.166. The molecule has 9 heteroatoms. The highest BCUT2D eigenvalue weighted by atomic mass is 16.5. The second-order valence-electron chi connectivity index (χ2n) is 3.03. The van der Waals surface area contributed by atoms with Gasteiger partial charge in [-0.3, -0.25) is 0 Å². The average molecular weight is 237 g/mol. The summed E-state index contributed by atoms with van der Waals surface area (Å²) in [5.41, 5.74) is 5.48. The van der Waals surface area contributed by atoms with Gasteiger partial charge in [-0.15, -0.1) is 0 Å². The molecule has 2 rings (SSSR count). The van der Waals surface area contributed by atoms with Gasteiger partial charge in [-0.25, -0.2) is 0 Å². The van der Waals surface area contributed by atoms with Crippen LogP contribution < -0.4 is 15.8 Å². The molecular formula is C8H11N7O2. The van der Waals surface area contributed by atoms with Crippen molar-refractivity contribution in [2.75, 3.05) is 24.7 Å². The first-order valence-corrected chi connectivity index (χ1v) is 4.82. The number of hydrogen-bond acceptors (Lipinski definition) is 9. The molecule has 90 valence electrons. The van der Waals surface area contributed by atoms with E-state index in [-0.39, 0.29) is 12.0 Å². The number of hydrogen-bond donors (Lipinski definition) is 2. The van der Waals surface area contributed by atoms with Gasteiger partial charge in [0.1, 0.15) is 0 Å². The number of nitrogen functional groups attached to an aromatic ring is 1. The Bertz CT molecular complexity index is 473. The van der Waals surface area contributed by atoms with E-state index in [0.29, 0.717) is 24.7 Å². The highest BCUT2D eigenvalue weighted by Gasteiger charge is 2.04. The van der Waals surface area contributed by atoms with Gasteiger partial charge in [0.05, 0.1) is 7.11 Å². The van der Waals surface area contributed by atoms with Crippen LogP contribution in [0, 0.1) is 0 Å². The van der Waals surface area contributed by atoms with Crippen LogP contribution in [0.3, 0.4) is 0 Å². The molecule has 0 saturated heterocycles. The van der Waals surface area contributed by atoms with Crippen molar-refractivity contribution in [1.29, 1.82) is 0 Å². The fourth-order valence-electron chi connectivity index (χ4n) is 1.13. The summed E-state index contributed by atoms with van der Waals surface area (Å²) in [4.78, 5) is 15.5. The molecule has 17 heavy (non-hydrogen) atoms. The van der Waals surface area contributed by atoms with E-state index >= 15 is 0 Å². The molecule has 0 unspecified atom stereocenters. The molecule has 9 nitrogen and oxygen atoms in total. The van der Waals surface area contributed by atoms with Crippen molar-refractivity contribution in [3.63, 3.8) is 0 Å². The van der Waals surface area contributed by atoms with E-state index in [1.54, 1.807) is 0 Å². The summed E-state index contributed by atoms with van der Waals surface area (Å²) in [7, 11) is 1.46. The highest BCUT2D eigenvalue weighted by Crippen LogP contribution is 2.07. The Morgan fingerprint density at radius 1 is 1.41 bits per heavy atom. The third kappa shape index (κ3) is 3.00. The molecule has 0 aliphatic rings. The Balaban J connectivity index is 1.92. The van der Waals surface area contributed by atoms with Gasteiger partial charge in [0.25, 0.3) is 0 Å². The van der Waals surface area contributed by atoms with Crippen LogP contribution in [-0.2, 0) is 6.42 Å². The van der Waals surface area contributed by atoms with E-state index in [9.17, 15) is 0 Å². The van der Waals surface area contributed by atoms with Gasteiger partial charge >= 0.3 is 6.01 Å². The number of nitrogens with two attached hydrogens (primary N) is 1. The quantitative estimate of drug-likeness (QED) is 0.707. The summed E-state index contributed by atoms with van der Waals surface area (Å²) in [6.07, 6.45) is 1.86. The Kier molecular flexibility index (Phi) is 3.28. The SMILES string of the molecule is COc1nc(N)nc(NCCc2ncon2)n1. The Hall–Kier alpha value is -2.45. The number of ether oxygens (including phenoxy) is 1. The molecule has 0 aromatic carbocycles. The molecule has 0 radical (unpaired) electrons. The molecule has 0 aliphatic carbocycles. The first-order valence-electron chi connectivity index (χ1n) is 4.82. The molecule has 3 N–H and O–H groups in total. The van der Waals surface area contributed by atoms with Gasteiger partial charge in [-0.1, -0.05) is 5.16 Å². The maximum Gasteiger partial charge on any atom is 0.322 e. The van der Waals surface area contributed by atoms with Crippen molar-refractivity contribution in [1.82, 2.24) is 25.1 Å². The zero-order chi connectivity index (χ0) is 12.1. The predicted molar refractivity (Wildman–Crippen MR) is 57.3 cm³/mol. The van der Waals surface area contributed by atoms with Crippen LogP contribution in [0.5, 0.6) is 6.01 Å². The molecule has 0 spiro atoms. The minimum Gasteiger partial charge on any atom is -0.467 e. The number of methoxy groups -OCH3 is 1. The minimum absolute atomic E-state index is 0.0962. The van der Waals surface area contributed by atoms with E-state index in [0.717, 1.165) is 0 Å². The molecule has 0 atom stereocenters. The molecule has 0 saturated carbocycles.